The summed E-state index contributed by atoms with van der Waals surface area (Å²) >= 11 is 0. The maximum atomic E-state index is 11.5. The quantitative estimate of drug-likeness (QED) is 0.562. The predicted molar refractivity (Wildman–Crippen MR) is 71.5 cm³/mol. The molecular weight excluding hydrogens is 264 g/mol. The number of nitrogens with zero attached hydrogens (tertiary/aromatic N) is 1. The van der Waals surface area contributed by atoms with Crippen molar-refractivity contribution >= 4 is 17.7 Å². The van der Waals surface area contributed by atoms with Crippen LogP contribution in [0.1, 0.15) is 17.3 Å². The maximum Gasteiger partial charge on any atom is 0.338 e. The Kier molecular flexibility index (Phi) is 7.23. The summed E-state index contributed by atoms with van der Waals surface area (Å²) in [6.07, 6.45) is 1.42. The van der Waals surface area contributed by atoms with E-state index >= 15 is 0 Å². The molecule has 20 heavy (non-hydrogen) atoms. The predicted octanol–water partition coefficient (Wildman–Crippen LogP) is 0.860. The molecule has 1 heterocycles. The highest BCUT2D eigenvalue weighted by atomic mass is 16.5. The van der Waals surface area contributed by atoms with Crippen LogP contribution >= 0.6 is 0 Å². The Morgan fingerprint density at radius 3 is 2.85 bits per heavy atom. The molecule has 1 amide bonds. The van der Waals surface area contributed by atoms with Crippen LogP contribution in [0.25, 0.3) is 0 Å². The lowest BCUT2D eigenvalue weighted by Crippen LogP contribution is -2.20. The molecule has 0 fully saturated rings. The summed E-state index contributed by atoms with van der Waals surface area (Å²) in [6, 6.07) is 2.97. The minimum atomic E-state index is -0.457. The molecule has 1 aromatic heterocycles. The monoisotopic (exact) mass is 282 g/mol. The van der Waals surface area contributed by atoms with Gasteiger partial charge in [-0.05, 0) is 19.1 Å². The van der Waals surface area contributed by atoms with Crippen molar-refractivity contribution in [2.45, 2.75) is 6.92 Å². The molecule has 110 valence electrons. The number of hydrogen-bond donors (Lipinski definition) is 1. The third-order valence-corrected chi connectivity index (χ3v) is 2.20. The number of carbonyl (C=O) groups excluding carboxylic acids is 2. The molecule has 0 saturated carbocycles. The van der Waals surface area contributed by atoms with Crippen LogP contribution < -0.4 is 5.32 Å². The molecule has 0 aromatic carbocycles. The molecule has 7 nitrogen and oxygen atoms in total. The minimum Gasteiger partial charge on any atom is -0.462 e. The van der Waals surface area contributed by atoms with Gasteiger partial charge in [0.1, 0.15) is 12.4 Å². The van der Waals surface area contributed by atoms with Gasteiger partial charge in [-0.25, -0.2) is 9.78 Å². The van der Waals surface area contributed by atoms with E-state index in [0.29, 0.717) is 18.8 Å². The first-order valence-corrected chi connectivity index (χ1v) is 6.17. The Bertz CT molecular complexity index is 450. The number of anilines is 1. The number of pyridine rings is 1. The molecule has 0 aliphatic carbocycles. The summed E-state index contributed by atoms with van der Waals surface area (Å²) in [5.41, 5.74) is 0.331. The van der Waals surface area contributed by atoms with Crippen molar-refractivity contribution in [2.75, 3.05) is 38.9 Å². The third kappa shape index (κ3) is 5.77. The Morgan fingerprint density at radius 2 is 2.15 bits per heavy atom. The molecule has 0 atom stereocenters. The van der Waals surface area contributed by atoms with Gasteiger partial charge in [0.05, 0.1) is 25.4 Å². The fourth-order valence-corrected chi connectivity index (χ4v) is 1.33. The second-order valence-electron chi connectivity index (χ2n) is 3.74. The Hall–Kier alpha value is -1.99. The molecule has 0 radical (unpaired) electrons. The van der Waals surface area contributed by atoms with Crippen LogP contribution in [-0.2, 0) is 19.0 Å². The van der Waals surface area contributed by atoms with E-state index in [-0.39, 0.29) is 24.9 Å². The fourth-order valence-electron chi connectivity index (χ4n) is 1.33. The number of rotatable bonds is 8. The van der Waals surface area contributed by atoms with Crippen molar-refractivity contribution in [1.82, 2.24) is 4.98 Å². The van der Waals surface area contributed by atoms with Crippen molar-refractivity contribution in [1.29, 1.82) is 0 Å². The lowest BCUT2D eigenvalue weighted by molar-refractivity contribution is -0.121. The van der Waals surface area contributed by atoms with Gasteiger partial charge in [0.15, 0.2) is 0 Å². The van der Waals surface area contributed by atoms with Gasteiger partial charge in [-0.2, -0.15) is 0 Å². The van der Waals surface area contributed by atoms with E-state index in [2.05, 4.69) is 10.3 Å². The Morgan fingerprint density at radius 1 is 1.35 bits per heavy atom. The van der Waals surface area contributed by atoms with Crippen LogP contribution in [0, 0.1) is 0 Å². The van der Waals surface area contributed by atoms with Crippen LogP contribution in [0.5, 0.6) is 0 Å². The van der Waals surface area contributed by atoms with Crippen LogP contribution in [0.4, 0.5) is 5.82 Å². The van der Waals surface area contributed by atoms with Crippen molar-refractivity contribution in [3.8, 4) is 0 Å². The van der Waals surface area contributed by atoms with Crippen molar-refractivity contribution in [3.63, 3.8) is 0 Å². The van der Waals surface area contributed by atoms with E-state index in [1.807, 2.05) is 0 Å². The zero-order valence-corrected chi connectivity index (χ0v) is 11.5. The molecule has 0 saturated heterocycles. The van der Waals surface area contributed by atoms with E-state index in [1.54, 1.807) is 14.0 Å². The summed E-state index contributed by atoms with van der Waals surface area (Å²) in [4.78, 5) is 27.0. The smallest absolute Gasteiger partial charge is 0.338 e. The molecular formula is C13H18N2O5. The molecule has 0 bridgehead atoms. The maximum absolute atomic E-state index is 11.5. The van der Waals surface area contributed by atoms with E-state index < -0.39 is 5.97 Å². The molecule has 7 heteroatoms. The van der Waals surface area contributed by atoms with Gasteiger partial charge in [-0.15, -0.1) is 0 Å². The molecule has 0 unspecified atom stereocenters. The molecule has 0 aliphatic rings. The molecule has 1 rings (SSSR count). The van der Waals surface area contributed by atoms with Gasteiger partial charge in [0.25, 0.3) is 5.91 Å². The third-order valence-electron chi connectivity index (χ3n) is 2.20. The molecule has 0 aliphatic heterocycles. The SMILES string of the molecule is CCOC(=O)c1ccnc(NC(=O)COCCOC)c1. The largest absolute Gasteiger partial charge is 0.462 e. The standard InChI is InChI=1S/C13H18N2O5/c1-3-20-13(17)10-4-5-14-11(8-10)15-12(16)9-19-7-6-18-2/h4-5,8H,3,6-7,9H2,1-2H3,(H,14,15,16). The lowest BCUT2D eigenvalue weighted by atomic mass is 10.2. The van der Waals surface area contributed by atoms with Gasteiger partial charge >= 0.3 is 5.97 Å². The number of hydrogen-bond acceptors (Lipinski definition) is 6. The Balaban J connectivity index is 2.49. The summed E-state index contributed by atoms with van der Waals surface area (Å²) in [6.45, 7) is 2.66. The summed E-state index contributed by atoms with van der Waals surface area (Å²) < 4.78 is 14.7. The first-order chi connectivity index (χ1) is 9.67. The average Bonchev–Trinajstić information content (AvgIpc) is 2.44. The number of ether oxygens (including phenoxy) is 3. The van der Waals surface area contributed by atoms with Gasteiger partial charge in [0.2, 0.25) is 0 Å². The van der Waals surface area contributed by atoms with Crippen LogP contribution in [0.3, 0.4) is 0 Å². The number of amides is 1. The first kappa shape index (κ1) is 16.1. The van der Waals surface area contributed by atoms with Crippen LogP contribution in [0.15, 0.2) is 18.3 Å². The van der Waals surface area contributed by atoms with Crippen molar-refractivity contribution < 1.29 is 23.8 Å². The fraction of sp³-hybridized carbons (Fsp3) is 0.462. The van der Waals surface area contributed by atoms with Crippen LogP contribution in [0.2, 0.25) is 0 Å². The number of carbonyl (C=O) groups is 2. The van der Waals surface area contributed by atoms with E-state index in [1.165, 1.54) is 18.3 Å². The average molecular weight is 282 g/mol. The van der Waals surface area contributed by atoms with Gasteiger partial charge in [-0.1, -0.05) is 0 Å². The topological polar surface area (TPSA) is 86.8 Å². The van der Waals surface area contributed by atoms with Gasteiger partial charge in [0, 0.05) is 13.3 Å². The summed E-state index contributed by atoms with van der Waals surface area (Å²) in [7, 11) is 1.55. The lowest BCUT2D eigenvalue weighted by Gasteiger charge is -2.07. The zero-order valence-electron chi connectivity index (χ0n) is 11.5. The van der Waals surface area contributed by atoms with E-state index in [4.69, 9.17) is 14.2 Å². The second-order valence-corrected chi connectivity index (χ2v) is 3.74. The van der Waals surface area contributed by atoms with E-state index in [0.717, 1.165) is 0 Å². The van der Waals surface area contributed by atoms with E-state index in [9.17, 15) is 9.59 Å². The highest BCUT2D eigenvalue weighted by Gasteiger charge is 2.09. The van der Waals surface area contributed by atoms with Gasteiger partial charge in [-0.3, -0.25) is 4.79 Å². The first-order valence-electron chi connectivity index (χ1n) is 6.17. The molecule has 1 N–H and O–H groups in total. The van der Waals surface area contributed by atoms with Crippen molar-refractivity contribution in [2.24, 2.45) is 0 Å². The number of nitrogens with one attached hydrogen (secondary N) is 1. The minimum absolute atomic E-state index is 0.103. The van der Waals surface area contributed by atoms with Gasteiger partial charge < -0.3 is 19.5 Å². The molecule has 0 spiro atoms. The zero-order chi connectivity index (χ0) is 14.8. The highest BCUT2D eigenvalue weighted by Crippen LogP contribution is 2.08. The van der Waals surface area contributed by atoms with Crippen LogP contribution in [-0.4, -0.2) is 50.4 Å². The highest BCUT2D eigenvalue weighted by molar-refractivity contribution is 5.94. The summed E-state index contributed by atoms with van der Waals surface area (Å²) in [5.74, 6) is -0.535. The summed E-state index contributed by atoms with van der Waals surface area (Å²) in [5, 5.41) is 2.53. The second kappa shape index (κ2) is 9.00. The molecule has 1 aromatic rings. The Labute approximate surface area is 117 Å². The number of methoxy groups -OCH3 is 1. The number of aromatic nitrogens is 1. The number of esters is 1. The van der Waals surface area contributed by atoms with Crippen molar-refractivity contribution in [3.05, 3.63) is 23.9 Å². The normalized spacial score (nSPS) is 10.1.